The Kier molecular flexibility index (Phi) is 5.02. The van der Waals surface area contributed by atoms with Crippen LogP contribution in [0.1, 0.15) is 16.7 Å². The number of nitrogens with zero attached hydrogens (tertiary/aromatic N) is 1. The number of fused-ring (bicyclic) bond motifs is 2. The molecule has 0 unspecified atom stereocenters. The van der Waals surface area contributed by atoms with Crippen molar-refractivity contribution >= 4 is 22.9 Å². The third-order valence-electron chi connectivity index (χ3n) is 5.32. The summed E-state index contributed by atoms with van der Waals surface area (Å²) in [7, 11) is 1.31. The molecule has 1 aliphatic heterocycles. The van der Waals surface area contributed by atoms with Crippen molar-refractivity contribution < 1.29 is 14.3 Å². The van der Waals surface area contributed by atoms with Gasteiger partial charge < -0.3 is 19.9 Å². The van der Waals surface area contributed by atoms with Crippen LogP contribution in [0.3, 0.4) is 0 Å². The summed E-state index contributed by atoms with van der Waals surface area (Å²) in [6.07, 6.45) is 2.52. The predicted octanol–water partition coefficient (Wildman–Crippen LogP) is 3.02. The number of carbonyl (C=O) groups excluding carboxylic acids is 2. The Balaban J connectivity index is 1.57. The standard InChI is InChI=1S/C22H23N3O3/c1-28-22(27)24-20(12-17-13-23-19-9-5-4-8-18(17)19)21(26)25-11-10-15-6-2-3-7-16(15)14-25/h2-9,13,20,23H,10-12,14H2,1H3,(H,24,27)/t20-/m0/s1. The first-order chi connectivity index (χ1) is 13.7. The first-order valence-electron chi connectivity index (χ1n) is 9.40. The van der Waals surface area contributed by atoms with Gasteiger partial charge in [-0.15, -0.1) is 0 Å². The highest BCUT2D eigenvalue weighted by Gasteiger charge is 2.29. The Morgan fingerprint density at radius 3 is 2.71 bits per heavy atom. The zero-order chi connectivity index (χ0) is 19.5. The van der Waals surface area contributed by atoms with E-state index in [0.29, 0.717) is 19.5 Å². The van der Waals surface area contributed by atoms with Gasteiger partial charge in [-0.25, -0.2) is 4.79 Å². The number of alkyl carbamates (subject to hydrolysis) is 1. The average molecular weight is 377 g/mol. The van der Waals surface area contributed by atoms with E-state index in [9.17, 15) is 9.59 Å². The van der Waals surface area contributed by atoms with Crippen LogP contribution >= 0.6 is 0 Å². The highest BCUT2D eigenvalue weighted by Crippen LogP contribution is 2.22. The van der Waals surface area contributed by atoms with Crippen molar-refractivity contribution in [2.75, 3.05) is 13.7 Å². The smallest absolute Gasteiger partial charge is 0.407 e. The minimum absolute atomic E-state index is 0.0924. The molecular formula is C22H23N3O3. The number of hydrogen-bond acceptors (Lipinski definition) is 3. The van der Waals surface area contributed by atoms with Crippen LogP contribution < -0.4 is 5.32 Å². The molecule has 0 spiro atoms. The number of hydrogen-bond donors (Lipinski definition) is 2. The molecular weight excluding hydrogens is 354 g/mol. The Labute approximate surface area is 163 Å². The van der Waals surface area contributed by atoms with E-state index in [4.69, 9.17) is 4.74 Å². The molecule has 0 bridgehead atoms. The summed E-state index contributed by atoms with van der Waals surface area (Å²) < 4.78 is 4.75. The summed E-state index contributed by atoms with van der Waals surface area (Å²) in [5.74, 6) is -0.0924. The van der Waals surface area contributed by atoms with Crippen molar-refractivity contribution in [2.45, 2.75) is 25.4 Å². The number of benzene rings is 2. The van der Waals surface area contributed by atoms with Crippen LogP contribution in [0.25, 0.3) is 10.9 Å². The van der Waals surface area contributed by atoms with Gasteiger partial charge >= 0.3 is 6.09 Å². The van der Waals surface area contributed by atoms with Gasteiger partial charge in [-0.3, -0.25) is 4.79 Å². The van der Waals surface area contributed by atoms with Gasteiger partial charge in [-0.1, -0.05) is 42.5 Å². The summed E-state index contributed by atoms with van der Waals surface area (Å²) in [6.45, 7) is 1.20. The molecule has 2 N–H and O–H groups in total. The van der Waals surface area contributed by atoms with Gasteiger partial charge in [0.1, 0.15) is 6.04 Å². The minimum atomic E-state index is -0.683. The molecule has 28 heavy (non-hydrogen) atoms. The molecule has 0 fully saturated rings. The van der Waals surface area contributed by atoms with Crippen molar-refractivity contribution in [3.63, 3.8) is 0 Å². The monoisotopic (exact) mass is 377 g/mol. The van der Waals surface area contributed by atoms with Crippen LogP contribution in [0.2, 0.25) is 0 Å². The fraction of sp³-hybridized carbons (Fsp3) is 0.273. The van der Waals surface area contributed by atoms with Crippen LogP contribution in [0.15, 0.2) is 54.7 Å². The first-order valence-corrected chi connectivity index (χ1v) is 9.40. The van der Waals surface area contributed by atoms with Crippen molar-refractivity contribution in [1.82, 2.24) is 15.2 Å². The van der Waals surface area contributed by atoms with Crippen molar-refractivity contribution in [3.05, 3.63) is 71.4 Å². The van der Waals surface area contributed by atoms with Crippen LogP contribution in [-0.4, -0.2) is 41.6 Å². The van der Waals surface area contributed by atoms with Crippen molar-refractivity contribution in [1.29, 1.82) is 0 Å². The molecule has 0 saturated carbocycles. The van der Waals surface area contributed by atoms with Gasteiger partial charge in [0.25, 0.3) is 0 Å². The SMILES string of the molecule is COC(=O)N[C@@H](Cc1c[nH]c2ccccc12)C(=O)N1CCc2ccccc2C1. The summed E-state index contributed by atoms with van der Waals surface area (Å²) in [6, 6.07) is 15.4. The van der Waals surface area contributed by atoms with Crippen LogP contribution in [0.5, 0.6) is 0 Å². The fourth-order valence-corrected chi connectivity index (χ4v) is 3.83. The van der Waals surface area contributed by atoms with Crippen LogP contribution in [0, 0.1) is 0 Å². The summed E-state index contributed by atoms with van der Waals surface area (Å²) in [4.78, 5) is 30.2. The number of rotatable bonds is 4. The summed E-state index contributed by atoms with van der Waals surface area (Å²) >= 11 is 0. The molecule has 0 aliphatic carbocycles. The fourth-order valence-electron chi connectivity index (χ4n) is 3.83. The van der Waals surface area contributed by atoms with E-state index in [0.717, 1.165) is 28.5 Å². The average Bonchev–Trinajstić information content (AvgIpc) is 3.15. The molecule has 0 saturated heterocycles. The maximum Gasteiger partial charge on any atom is 0.407 e. The lowest BCUT2D eigenvalue weighted by molar-refractivity contribution is -0.134. The van der Waals surface area contributed by atoms with Gasteiger partial charge in [0.2, 0.25) is 5.91 Å². The minimum Gasteiger partial charge on any atom is -0.453 e. The van der Waals surface area contributed by atoms with Crippen LogP contribution in [0.4, 0.5) is 4.79 Å². The lowest BCUT2D eigenvalue weighted by Crippen LogP contribution is -2.50. The van der Waals surface area contributed by atoms with Gasteiger partial charge in [0, 0.05) is 36.6 Å². The number of aromatic nitrogens is 1. The lowest BCUT2D eigenvalue weighted by Gasteiger charge is -2.32. The van der Waals surface area contributed by atoms with E-state index in [-0.39, 0.29) is 5.91 Å². The molecule has 1 aliphatic rings. The molecule has 1 atom stereocenters. The second-order valence-electron chi connectivity index (χ2n) is 7.03. The van der Waals surface area contributed by atoms with E-state index in [1.54, 1.807) is 0 Å². The Hall–Kier alpha value is -3.28. The third-order valence-corrected chi connectivity index (χ3v) is 5.32. The molecule has 2 aromatic carbocycles. The summed E-state index contributed by atoms with van der Waals surface area (Å²) in [5.41, 5.74) is 4.43. The number of amides is 2. The quantitative estimate of drug-likeness (QED) is 0.734. The number of para-hydroxylation sites is 1. The Morgan fingerprint density at radius 1 is 1.14 bits per heavy atom. The van der Waals surface area contributed by atoms with E-state index in [1.807, 2.05) is 47.5 Å². The number of methoxy groups -OCH3 is 1. The highest BCUT2D eigenvalue weighted by atomic mass is 16.5. The lowest BCUT2D eigenvalue weighted by atomic mass is 9.98. The summed E-state index contributed by atoms with van der Waals surface area (Å²) in [5, 5.41) is 3.78. The molecule has 0 radical (unpaired) electrons. The van der Waals surface area contributed by atoms with E-state index >= 15 is 0 Å². The number of nitrogens with one attached hydrogen (secondary N) is 2. The second kappa shape index (κ2) is 7.76. The number of H-pyrrole nitrogens is 1. The normalized spacial score (nSPS) is 14.4. The van der Waals surface area contributed by atoms with Gasteiger partial charge in [0.05, 0.1) is 7.11 Å². The number of carbonyl (C=O) groups is 2. The molecule has 6 heteroatoms. The molecule has 2 amide bonds. The van der Waals surface area contributed by atoms with Crippen molar-refractivity contribution in [2.24, 2.45) is 0 Å². The molecule has 2 heterocycles. The van der Waals surface area contributed by atoms with Crippen molar-refractivity contribution in [3.8, 4) is 0 Å². The second-order valence-corrected chi connectivity index (χ2v) is 7.03. The van der Waals surface area contributed by atoms with E-state index in [2.05, 4.69) is 22.4 Å². The zero-order valence-electron chi connectivity index (χ0n) is 15.8. The first kappa shape index (κ1) is 18.1. The molecule has 3 aromatic rings. The Bertz CT molecular complexity index is 1010. The molecule has 6 nitrogen and oxygen atoms in total. The maximum atomic E-state index is 13.3. The topological polar surface area (TPSA) is 74.4 Å². The molecule has 4 rings (SSSR count). The predicted molar refractivity (Wildman–Crippen MR) is 107 cm³/mol. The van der Waals surface area contributed by atoms with E-state index < -0.39 is 12.1 Å². The third kappa shape index (κ3) is 3.58. The maximum absolute atomic E-state index is 13.3. The van der Waals surface area contributed by atoms with E-state index in [1.165, 1.54) is 12.7 Å². The van der Waals surface area contributed by atoms with Gasteiger partial charge in [-0.2, -0.15) is 0 Å². The zero-order valence-corrected chi connectivity index (χ0v) is 15.8. The van der Waals surface area contributed by atoms with Gasteiger partial charge in [-0.05, 0) is 29.2 Å². The number of aromatic amines is 1. The Morgan fingerprint density at radius 2 is 1.89 bits per heavy atom. The number of ether oxygens (including phenoxy) is 1. The molecule has 1 aromatic heterocycles. The highest BCUT2D eigenvalue weighted by molar-refractivity contribution is 5.88. The van der Waals surface area contributed by atoms with Crippen LogP contribution in [-0.2, 0) is 28.9 Å². The molecule has 144 valence electrons. The largest absolute Gasteiger partial charge is 0.453 e. The van der Waals surface area contributed by atoms with Gasteiger partial charge in [0.15, 0.2) is 0 Å².